The highest BCUT2D eigenvalue weighted by Gasteiger charge is 2.45. The molecule has 0 aliphatic carbocycles. The summed E-state index contributed by atoms with van der Waals surface area (Å²) in [6, 6.07) is 10.9. The van der Waals surface area contributed by atoms with E-state index in [4.69, 9.17) is 9.47 Å². The van der Waals surface area contributed by atoms with Gasteiger partial charge in [0.25, 0.3) is 0 Å². The number of rotatable bonds is 5. The maximum Gasteiger partial charge on any atom is 0.324 e. The van der Waals surface area contributed by atoms with Crippen molar-refractivity contribution < 1.29 is 27.1 Å². The Balaban J connectivity index is 1.89. The number of benzene rings is 2. The first kappa shape index (κ1) is 19.8. The molecule has 1 fully saturated rings. The Kier molecular flexibility index (Phi) is 5.83. The van der Waals surface area contributed by atoms with Gasteiger partial charge in [0.2, 0.25) is 10.0 Å². The van der Waals surface area contributed by atoms with E-state index < -0.39 is 34.0 Å². The van der Waals surface area contributed by atoms with Crippen molar-refractivity contribution in [1.29, 1.82) is 0 Å². The Morgan fingerprint density at radius 2 is 1.85 bits per heavy atom. The van der Waals surface area contributed by atoms with Crippen LogP contribution in [0.1, 0.15) is 6.42 Å². The lowest BCUT2D eigenvalue weighted by Crippen LogP contribution is -2.41. The predicted octanol–water partition coefficient (Wildman–Crippen LogP) is 2.97. The monoisotopic (exact) mass is 457 g/mol. The lowest BCUT2D eigenvalue weighted by atomic mass is 10.2. The molecule has 0 N–H and O–H groups in total. The van der Waals surface area contributed by atoms with Crippen molar-refractivity contribution in [3.8, 4) is 5.75 Å². The summed E-state index contributed by atoms with van der Waals surface area (Å²) in [6.07, 6.45) is -0.618. The highest BCUT2D eigenvalue weighted by atomic mass is 79.9. The summed E-state index contributed by atoms with van der Waals surface area (Å²) in [7, 11) is -2.76. The molecule has 0 amide bonds. The van der Waals surface area contributed by atoms with Gasteiger partial charge in [0, 0.05) is 10.9 Å². The zero-order valence-corrected chi connectivity index (χ0v) is 16.7. The Morgan fingerprint density at radius 1 is 1.19 bits per heavy atom. The van der Waals surface area contributed by atoms with Gasteiger partial charge in [-0.25, -0.2) is 12.8 Å². The summed E-state index contributed by atoms with van der Waals surface area (Å²) in [5, 5.41) is 0. The van der Waals surface area contributed by atoms with Gasteiger partial charge in [-0.05, 0) is 36.4 Å². The molecule has 0 bridgehead atoms. The third-order valence-electron chi connectivity index (χ3n) is 4.24. The van der Waals surface area contributed by atoms with Crippen LogP contribution in [0, 0.1) is 5.82 Å². The van der Waals surface area contributed by atoms with Gasteiger partial charge in [-0.1, -0.05) is 28.1 Å². The number of sulfonamides is 1. The summed E-state index contributed by atoms with van der Waals surface area (Å²) in [6.45, 7) is -0.0908. The van der Waals surface area contributed by atoms with E-state index in [0.29, 0.717) is 0 Å². The molecule has 1 saturated heterocycles. The molecule has 1 heterocycles. The van der Waals surface area contributed by atoms with Crippen LogP contribution in [0.5, 0.6) is 5.75 Å². The fourth-order valence-electron chi connectivity index (χ4n) is 2.93. The van der Waals surface area contributed by atoms with Crippen molar-refractivity contribution in [2.45, 2.75) is 23.5 Å². The first-order valence-electron chi connectivity index (χ1n) is 8.09. The van der Waals surface area contributed by atoms with Gasteiger partial charge in [-0.15, -0.1) is 0 Å². The summed E-state index contributed by atoms with van der Waals surface area (Å²) < 4.78 is 52.0. The molecule has 0 saturated carbocycles. The number of hydrogen-bond donors (Lipinski definition) is 0. The van der Waals surface area contributed by atoms with E-state index in [1.165, 1.54) is 37.4 Å². The normalized spacial score (nSPS) is 20.4. The van der Waals surface area contributed by atoms with Gasteiger partial charge < -0.3 is 9.47 Å². The van der Waals surface area contributed by atoms with Crippen LogP contribution in [0.2, 0.25) is 0 Å². The molecule has 1 aliphatic heterocycles. The van der Waals surface area contributed by atoms with Gasteiger partial charge in [-0.3, -0.25) is 4.79 Å². The number of carbonyl (C=O) groups excluding carboxylic acids is 1. The Labute approximate surface area is 165 Å². The van der Waals surface area contributed by atoms with E-state index in [1.54, 1.807) is 18.2 Å². The zero-order valence-electron chi connectivity index (χ0n) is 14.3. The van der Waals surface area contributed by atoms with E-state index in [1.807, 2.05) is 0 Å². The summed E-state index contributed by atoms with van der Waals surface area (Å²) >= 11 is 3.26. The third kappa shape index (κ3) is 4.15. The summed E-state index contributed by atoms with van der Waals surface area (Å²) in [5.41, 5.74) is 0. The van der Waals surface area contributed by atoms with Crippen LogP contribution in [0.25, 0.3) is 0 Å². The first-order valence-corrected chi connectivity index (χ1v) is 10.3. The molecular weight excluding hydrogens is 441 g/mol. The molecule has 144 valence electrons. The van der Waals surface area contributed by atoms with Gasteiger partial charge in [0.15, 0.2) is 11.6 Å². The summed E-state index contributed by atoms with van der Waals surface area (Å²) in [4.78, 5) is 12.2. The van der Waals surface area contributed by atoms with Gasteiger partial charge >= 0.3 is 5.97 Å². The first-order chi connectivity index (χ1) is 12.8. The molecule has 27 heavy (non-hydrogen) atoms. The van der Waals surface area contributed by atoms with Crippen molar-refractivity contribution in [2.75, 3.05) is 13.7 Å². The van der Waals surface area contributed by atoms with Crippen molar-refractivity contribution in [3.63, 3.8) is 0 Å². The fourth-order valence-corrected chi connectivity index (χ4v) is 4.82. The van der Waals surface area contributed by atoms with Crippen LogP contribution in [0.4, 0.5) is 4.39 Å². The number of ether oxygens (including phenoxy) is 2. The smallest absolute Gasteiger partial charge is 0.324 e. The van der Waals surface area contributed by atoms with E-state index >= 15 is 0 Å². The van der Waals surface area contributed by atoms with Gasteiger partial charge in [0.05, 0.1) is 18.6 Å². The van der Waals surface area contributed by atoms with E-state index in [2.05, 4.69) is 15.9 Å². The lowest BCUT2D eigenvalue weighted by Gasteiger charge is -2.21. The van der Waals surface area contributed by atoms with E-state index in [-0.39, 0.29) is 23.6 Å². The molecule has 0 aromatic heterocycles. The molecule has 3 rings (SSSR count). The van der Waals surface area contributed by atoms with Crippen LogP contribution in [-0.4, -0.2) is 44.5 Å². The molecule has 2 aromatic rings. The molecule has 1 aliphatic rings. The Morgan fingerprint density at radius 3 is 2.48 bits per heavy atom. The van der Waals surface area contributed by atoms with Crippen LogP contribution in [0.15, 0.2) is 57.9 Å². The molecule has 2 unspecified atom stereocenters. The van der Waals surface area contributed by atoms with Gasteiger partial charge in [0.1, 0.15) is 12.1 Å². The Hall–Kier alpha value is -1.97. The van der Waals surface area contributed by atoms with Crippen molar-refractivity contribution in [2.24, 2.45) is 0 Å². The van der Waals surface area contributed by atoms with E-state index in [0.717, 1.165) is 8.78 Å². The standard InChI is InChI=1S/C18H17BrFNO5S/c1-25-18(22)16-10-13(26-17-5-3-2-4-15(17)20)11-21(16)27(23,24)14-8-6-12(19)7-9-14/h2-9,13,16H,10-11H2,1H3. The number of esters is 1. The minimum atomic E-state index is -3.96. The Bertz CT molecular complexity index is 935. The highest BCUT2D eigenvalue weighted by Crippen LogP contribution is 2.30. The van der Waals surface area contributed by atoms with Crippen molar-refractivity contribution in [1.82, 2.24) is 4.31 Å². The maximum absolute atomic E-state index is 13.8. The van der Waals surface area contributed by atoms with Crippen molar-refractivity contribution >= 4 is 31.9 Å². The number of halogens is 2. The lowest BCUT2D eigenvalue weighted by molar-refractivity contribution is -0.144. The van der Waals surface area contributed by atoms with Crippen molar-refractivity contribution in [3.05, 3.63) is 58.8 Å². The second kappa shape index (κ2) is 7.95. The predicted molar refractivity (Wildman–Crippen MR) is 99.3 cm³/mol. The quantitative estimate of drug-likeness (QED) is 0.645. The average Bonchev–Trinajstić information content (AvgIpc) is 3.08. The third-order valence-corrected chi connectivity index (χ3v) is 6.66. The van der Waals surface area contributed by atoms with Crippen LogP contribution < -0.4 is 4.74 Å². The SMILES string of the molecule is COC(=O)C1CC(Oc2ccccc2F)CN1S(=O)(=O)c1ccc(Br)cc1. The molecule has 2 aromatic carbocycles. The van der Waals surface area contributed by atoms with Crippen LogP contribution >= 0.6 is 15.9 Å². The second-order valence-electron chi connectivity index (χ2n) is 5.97. The summed E-state index contributed by atoms with van der Waals surface area (Å²) in [5.74, 6) is -1.23. The topological polar surface area (TPSA) is 72.9 Å². The minimum absolute atomic E-state index is 0.00834. The molecule has 0 spiro atoms. The average molecular weight is 458 g/mol. The van der Waals surface area contributed by atoms with Crippen LogP contribution in [0.3, 0.4) is 0 Å². The largest absolute Gasteiger partial charge is 0.486 e. The minimum Gasteiger partial charge on any atom is -0.486 e. The molecular formula is C18H17BrFNO5S. The number of methoxy groups -OCH3 is 1. The number of para-hydroxylation sites is 1. The highest BCUT2D eigenvalue weighted by molar-refractivity contribution is 9.10. The number of hydrogen-bond acceptors (Lipinski definition) is 5. The molecule has 9 heteroatoms. The van der Waals surface area contributed by atoms with Gasteiger partial charge in [-0.2, -0.15) is 4.31 Å². The number of nitrogens with zero attached hydrogens (tertiary/aromatic N) is 1. The van der Waals surface area contributed by atoms with E-state index in [9.17, 15) is 17.6 Å². The fraction of sp³-hybridized carbons (Fsp3) is 0.278. The number of carbonyl (C=O) groups is 1. The molecule has 6 nitrogen and oxygen atoms in total. The molecule has 2 atom stereocenters. The van der Waals surface area contributed by atoms with Crippen LogP contribution in [-0.2, 0) is 19.6 Å². The molecule has 0 radical (unpaired) electrons. The maximum atomic E-state index is 13.8. The zero-order chi connectivity index (χ0) is 19.6. The second-order valence-corrected chi connectivity index (χ2v) is 8.78.